The SMILES string of the molecule is CCC(C)(C)NC(=O)C[NH+](C)CC(=O)Nc1cccc(F)c1. The highest BCUT2D eigenvalue weighted by atomic mass is 19.1. The van der Waals surface area contributed by atoms with Crippen LogP contribution in [0, 0.1) is 5.82 Å². The lowest BCUT2D eigenvalue weighted by Crippen LogP contribution is -3.11. The summed E-state index contributed by atoms with van der Waals surface area (Å²) in [6.07, 6.45) is 0.831. The van der Waals surface area contributed by atoms with E-state index in [1.54, 1.807) is 13.1 Å². The van der Waals surface area contributed by atoms with Gasteiger partial charge < -0.3 is 15.5 Å². The van der Waals surface area contributed by atoms with Crippen molar-refractivity contribution in [1.29, 1.82) is 0 Å². The molecule has 0 aliphatic rings. The Morgan fingerprint density at radius 1 is 1.23 bits per heavy atom. The van der Waals surface area contributed by atoms with E-state index < -0.39 is 5.82 Å². The number of carbonyl (C=O) groups excluding carboxylic acids is 2. The van der Waals surface area contributed by atoms with Gasteiger partial charge in [-0.15, -0.1) is 0 Å². The number of likely N-dealkylation sites (N-methyl/N-ethyl adjacent to an activating group) is 1. The fourth-order valence-corrected chi connectivity index (χ4v) is 1.89. The fraction of sp³-hybridized carbons (Fsp3) is 0.500. The van der Waals surface area contributed by atoms with Crippen molar-refractivity contribution in [2.24, 2.45) is 0 Å². The number of carbonyl (C=O) groups is 2. The molecule has 1 rings (SSSR count). The molecule has 1 unspecified atom stereocenters. The molecule has 3 N–H and O–H groups in total. The number of nitrogens with one attached hydrogen (secondary N) is 3. The molecule has 0 heterocycles. The van der Waals surface area contributed by atoms with E-state index >= 15 is 0 Å². The molecule has 0 fully saturated rings. The molecule has 6 heteroatoms. The Labute approximate surface area is 130 Å². The highest BCUT2D eigenvalue weighted by Gasteiger charge is 2.21. The molecular weight excluding hydrogens is 285 g/mol. The maximum Gasteiger partial charge on any atom is 0.279 e. The van der Waals surface area contributed by atoms with Crippen molar-refractivity contribution in [3.05, 3.63) is 30.1 Å². The molecule has 22 heavy (non-hydrogen) atoms. The predicted molar refractivity (Wildman–Crippen MR) is 84.2 cm³/mol. The van der Waals surface area contributed by atoms with Crippen LogP contribution in [0.2, 0.25) is 0 Å². The van der Waals surface area contributed by atoms with E-state index in [1.807, 2.05) is 20.8 Å². The molecule has 0 aromatic heterocycles. The number of quaternary nitrogens is 1. The van der Waals surface area contributed by atoms with Gasteiger partial charge in [0.2, 0.25) is 0 Å². The van der Waals surface area contributed by atoms with E-state index in [-0.39, 0.29) is 30.4 Å². The first kappa shape index (κ1) is 18.1. The third-order valence-corrected chi connectivity index (χ3v) is 3.39. The molecule has 0 radical (unpaired) electrons. The number of halogens is 1. The molecule has 0 aliphatic carbocycles. The average Bonchev–Trinajstić information content (AvgIpc) is 2.37. The molecule has 0 bridgehead atoms. The maximum atomic E-state index is 13.0. The van der Waals surface area contributed by atoms with Gasteiger partial charge in [0.15, 0.2) is 13.1 Å². The van der Waals surface area contributed by atoms with Gasteiger partial charge in [0.05, 0.1) is 7.05 Å². The second kappa shape index (κ2) is 7.89. The van der Waals surface area contributed by atoms with Crippen LogP contribution in [0.4, 0.5) is 10.1 Å². The fourth-order valence-electron chi connectivity index (χ4n) is 1.89. The molecule has 1 aromatic rings. The lowest BCUT2D eigenvalue weighted by molar-refractivity contribution is -0.862. The number of rotatable bonds is 7. The molecule has 0 saturated carbocycles. The lowest BCUT2D eigenvalue weighted by atomic mass is 10.0. The minimum Gasteiger partial charge on any atom is -0.346 e. The van der Waals surface area contributed by atoms with E-state index in [4.69, 9.17) is 0 Å². The summed E-state index contributed by atoms with van der Waals surface area (Å²) in [4.78, 5) is 24.5. The van der Waals surface area contributed by atoms with Crippen molar-refractivity contribution < 1.29 is 18.9 Å². The Morgan fingerprint density at radius 2 is 1.86 bits per heavy atom. The van der Waals surface area contributed by atoms with Gasteiger partial charge in [-0.25, -0.2) is 4.39 Å². The van der Waals surface area contributed by atoms with Crippen molar-refractivity contribution in [1.82, 2.24) is 5.32 Å². The first-order chi connectivity index (χ1) is 10.2. The lowest BCUT2D eigenvalue weighted by Gasteiger charge is -2.25. The zero-order valence-corrected chi connectivity index (χ0v) is 13.6. The van der Waals surface area contributed by atoms with Gasteiger partial charge in [-0.3, -0.25) is 9.59 Å². The van der Waals surface area contributed by atoms with E-state index in [2.05, 4.69) is 10.6 Å². The number of hydrogen-bond acceptors (Lipinski definition) is 2. The Kier molecular flexibility index (Phi) is 6.49. The summed E-state index contributed by atoms with van der Waals surface area (Å²) < 4.78 is 13.0. The van der Waals surface area contributed by atoms with Crippen LogP contribution in [-0.4, -0.2) is 37.5 Å². The molecule has 0 saturated heterocycles. The zero-order valence-electron chi connectivity index (χ0n) is 13.6. The molecule has 0 aliphatic heterocycles. The van der Waals surface area contributed by atoms with Gasteiger partial charge in [0.1, 0.15) is 5.82 Å². The van der Waals surface area contributed by atoms with Gasteiger partial charge in [0, 0.05) is 11.2 Å². The summed E-state index contributed by atoms with van der Waals surface area (Å²) in [5.41, 5.74) is 0.163. The quantitative estimate of drug-likeness (QED) is 0.690. The summed E-state index contributed by atoms with van der Waals surface area (Å²) in [5.74, 6) is -0.756. The Morgan fingerprint density at radius 3 is 2.45 bits per heavy atom. The summed E-state index contributed by atoms with van der Waals surface area (Å²) in [6, 6.07) is 5.71. The Balaban J connectivity index is 2.42. The third-order valence-electron chi connectivity index (χ3n) is 3.39. The van der Waals surface area contributed by atoms with Crippen LogP contribution in [0.5, 0.6) is 0 Å². The minimum absolute atomic E-state index is 0.0945. The molecular formula is C16H25FN3O2+. The van der Waals surface area contributed by atoms with E-state index in [0.717, 1.165) is 11.3 Å². The topological polar surface area (TPSA) is 62.6 Å². The van der Waals surface area contributed by atoms with Gasteiger partial charge >= 0.3 is 0 Å². The number of benzene rings is 1. The monoisotopic (exact) mass is 310 g/mol. The van der Waals surface area contributed by atoms with Crippen molar-refractivity contribution in [3.8, 4) is 0 Å². The smallest absolute Gasteiger partial charge is 0.279 e. The zero-order chi connectivity index (χ0) is 16.8. The van der Waals surface area contributed by atoms with Crippen molar-refractivity contribution >= 4 is 17.5 Å². The van der Waals surface area contributed by atoms with Crippen molar-refractivity contribution in [2.45, 2.75) is 32.7 Å². The first-order valence-corrected chi connectivity index (χ1v) is 7.39. The van der Waals surface area contributed by atoms with Crippen LogP contribution >= 0.6 is 0 Å². The Hall–Kier alpha value is -1.95. The van der Waals surface area contributed by atoms with Crippen LogP contribution in [0.25, 0.3) is 0 Å². The summed E-state index contributed by atoms with van der Waals surface area (Å²) in [6.45, 7) is 6.26. The molecule has 5 nitrogen and oxygen atoms in total. The Bertz CT molecular complexity index is 532. The van der Waals surface area contributed by atoms with Crippen LogP contribution in [0.15, 0.2) is 24.3 Å². The number of amides is 2. The molecule has 1 atom stereocenters. The normalized spacial score (nSPS) is 12.6. The third kappa shape index (κ3) is 6.67. The minimum atomic E-state index is -0.403. The first-order valence-electron chi connectivity index (χ1n) is 7.39. The maximum absolute atomic E-state index is 13.0. The predicted octanol–water partition coefficient (Wildman–Crippen LogP) is 0.584. The number of hydrogen-bond donors (Lipinski definition) is 3. The molecule has 2 amide bonds. The summed E-state index contributed by atoms with van der Waals surface area (Å²) in [7, 11) is 1.77. The van der Waals surface area contributed by atoms with E-state index in [9.17, 15) is 14.0 Å². The van der Waals surface area contributed by atoms with Crippen LogP contribution in [-0.2, 0) is 9.59 Å². The van der Waals surface area contributed by atoms with E-state index in [1.165, 1.54) is 18.2 Å². The second-order valence-electron chi connectivity index (χ2n) is 6.15. The van der Waals surface area contributed by atoms with Gasteiger partial charge in [-0.05, 0) is 38.5 Å². The van der Waals surface area contributed by atoms with Crippen LogP contribution in [0.3, 0.4) is 0 Å². The standard InChI is InChI=1S/C16H24FN3O2/c1-5-16(2,3)19-15(22)11-20(4)10-14(21)18-13-8-6-7-12(17)9-13/h6-9H,5,10-11H2,1-4H3,(H,18,21)(H,19,22)/p+1. The van der Waals surface area contributed by atoms with Crippen molar-refractivity contribution in [3.63, 3.8) is 0 Å². The van der Waals surface area contributed by atoms with Crippen molar-refractivity contribution in [2.75, 3.05) is 25.5 Å². The highest BCUT2D eigenvalue weighted by Crippen LogP contribution is 2.08. The summed E-state index contributed by atoms with van der Waals surface area (Å²) in [5, 5.41) is 5.54. The van der Waals surface area contributed by atoms with Gasteiger partial charge in [-0.1, -0.05) is 13.0 Å². The number of anilines is 1. The van der Waals surface area contributed by atoms with E-state index in [0.29, 0.717) is 5.69 Å². The molecule has 0 spiro atoms. The largest absolute Gasteiger partial charge is 0.346 e. The van der Waals surface area contributed by atoms with Crippen LogP contribution < -0.4 is 15.5 Å². The summed E-state index contributed by atoms with van der Waals surface area (Å²) >= 11 is 0. The van der Waals surface area contributed by atoms with Gasteiger partial charge in [0.25, 0.3) is 11.8 Å². The average molecular weight is 310 g/mol. The molecule has 1 aromatic carbocycles. The van der Waals surface area contributed by atoms with Crippen LogP contribution in [0.1, 0.15) is 27.2 Å². The molecule has 122 valence electrons. The van der Waals surface area contributed by atoms with Gasteiger partial charge in [-0.2, -0.15) is 0 Å². The highest BCUT2D eigenvalue weighted by molar-refractivity contribution is 5.91. The second-order valence-corrected chi connectivity index (χ2v) is 6.15.